The first-order valence-corrected chi connectivity index (χ1v) is 9.54. The second kappa shape index (κ2) is 8.67. The lowest BCUT2D eigenvalue weighted by atomic mass is 10.2. The summed E-state index contributed by atoms with van der Waals surface area (Å²) in [6.07, 6.45) is 2.45. The van der Waals surface area contributed by atoms with E-state index in [2.05, 4.69) is 51.5 Å². The van der Waals surface area contributed by atoms with Gasteiger partial charge in [-0.2, -0.15) is 0 Å². The number of nitrogens with zero attached hydrogens (tertiary/aromatic N) is 2. The summed E-state index contributed by atoms with van der Waals surface area (Å²) in [5.41, 5.74) is 1.44. The van der Waals surface area contributed by atoms with Gasteiger partial charge < -0.3 is 10.3 Å². The van der Waals surface area contributed by atoms with Gasteiger partial charge in [-0.15, -0.1) is 11.8 Å². The number of anilines is 1. The number of aromatic amines is 1. The van der Waals surface area contributed by atoms with E-state index in [1.54, 1.807) is 6.20 Å². The number of aryl methyl sites for hydroxylation is 1. The fourth-order valence-corrected chi connectivity index (χ4v) is 3.43. The van der Waals surface area contributed by atoms with E-state index in [-0.39, 0.29) is 5.56 Å². The average Bonchev–Trinajstić information content (AvgIpc) is 2.67. The van der Waals surface area contributed by atoms with Crippen LogP contribution in [0.4, 0.5) is 5.82 Å². The van der Waals surface area contributed by atoms with Gasteiger partial charge in [0.25, 0.3) is 5.56 Å². The number of hydrogen-bond acceptors (Lipinski definition) is 5. The maximum atomic E-state index is 11.7. The van der Waals surface area contributed by atoms with Crippen molar-refractivity contribution < 1.29 is 0 Å². The molecule has 1 aromatic carbocycles. The molecule has 6 heteroatoms. The number of aromatic nitrogens is 3. The Morgan fingerprint density at radius 1 is 1.19 bits per heavy atom. The van der Waals surface area contributed by atoms with Crippen molar-refractivity contribution in [1.82, 2.24) is 15.0 Å². The lowest BCUT2D eigenvalue weighted by molar-refractivity contribution is 0.980. The largest absolute Gasteiger partial charge is 0.369 e. The van der Waals surface area contributed by atoms with Crippen molar-refractivity contribution in [2.75, 3.05) is 11.9 Å². The summed E-state index contributed by atoms with van der Waals surface area (Å²) in [6.45, 7) is 4.97. The molecule has 0 fully saturated rings. The topological polar surface area (TPSA) is 70.7 Å². The molecule has 0 radical (unpaired) electrons. The highest BCUT2D eigenvalue weighted by Gasteiger charge is 2.07. The summed E-state index contributed by atoms with van der Waals surface area (Å²) >= 11 is 1.83. The second-order valence-corrected chi connectivity index (χ2v) is 7.51. The third-order valence-corrected chi connectivity index (χ3v) is 4.96. The number of nitrogens with one attached hydrogen (secondary N) is 2. The predicted molar refractivity (Wildman–Crippen MR) is 108 cm³/mol. The van der Waals surface area contributed by atoms with Gasteiger partial charge >= 0.3 is 0 Å². The first-order chi connectivity index (χ1) is 12.6. The fraction of sp³-hybridized carbons (Fsp3) is 0.250. The smallest absolute Gasteiger partial charge is 0.251 e. The molecule has 0 spiro atoms. The van der Waals surface area contributed by atoms with Gasteiger partial charge in [0.15, 0.2) is 0 Å². The molecule has 0 aliphatic heterocycles. The highest BCUT2D eigenvalue weighted by atomic mass is 32.2. The molecule has 2 aromatic heterocycles. The van der Waals surface area contributed by atoms with E-state index in [9.17, 15) is 4.79 Å². The molecule has 2 N–H and O–H groups in total. The van der Waals surface area contributed by atoms with Gasteiger partial charge in [0.1, 0.15) is 11.6 Å². The molecule has 0 aliphatic rings. The van der Waals surface area contributed by atoms with Gasteiger partial charge in [-0.05, 0) is 30.7 Å². The third kappa shape index (κ3) is 4.95. The Labute approximate surface area is 157 Å². The molecule has 26 heavy (non-hydrogen) atoms. The highest BCUT2D eigenvalue weighted by Crippen LogP contribution is 2.23. The van der Waals surface area contributed by atoms with E-state index in [1.165, 1.54) is 11.0 Å². The molecule has 0 aliphatic carbocycles. The van der Waals surface area contributed by atoms with Crippen molar-refractivity contribution >= 4 is 17.6 Å². The zero-order chi connectivity index (χ0) is 18.4. The Hall–Kier alpha value is -2.60. The second-order valence-electron chi connectivity index (χ2n) is 5.99. The fourth-order valence-electron chi connectivity index (χ4n) is 2.49. The molecule has 0 saturated carbocycles. The number of pyridine rings is 1. The Bertz CT molecular complexity index is 894. The first-order valence-electron chi connectivity index (χ1n) is 8.66. The molecular weight excluding hydrogens is 344 g/mol. The minimum absolute atomic E-state index is 0.138. The van der Waals surface area contributed by atoms with E-state index >= 15 is 0 Å². The van der Waals surface area contributed by atoms with Gasteiger partial charge in [0.05, 0.1) is 0 Å². The molecule has 0 bridgehead atoms. The number of thioether (sulfide) groups is 1. The van der Waals surface area contributed by atoms with Gasteiger partial charge in [-0.3, -0.25) is 4.79 Å². The quantitative estimate of drug-likeness (QED) is 0.619. The minimum Gasteiger partial charge on any atom is -0.369 e. The van der Waals surface area contributed by atoms with Crippen LogP contribution in [0.1, 0.15) is 19.5 Å². The number of H-pyrrole nitrogens is 1. The summed E-state index contributed by atoms with van der Waals surface area (Å²) in [5, 5.41) is 3.77. The average molecular weight is 366 g/mol. The minimum atomic E-state index is -0.138. The zero-order valence-electron chi connectivity index (χ0n) is 14.9. The monoisotopic (exact) mass is 366 g/mol. The van der Waals surface area contributed by atoms with Crippen molar-refractivity contribution in [3.05, 3.63) is 70.8 Å². The maximum Gasteiger partial charge on any atom is 0.251 e. The van der Waals surface area contributed by atoms with Crippen molar-refractivity contribution in [3.63, 3.8) is 0 Å². The van der Waals surface area contributed by atoms with E-state index < -0.39 is 0 Å². The number of rotatable bonds is 7. The molecule has 134 valence electrons. The molecule has 5 nitrogen and oxygen atoms in total. The van der Waals surface area contributed by atoms with Crippen LogP contribution in [0.2, 0.25) is 0 Å². The van der Waals surface area contributed by atoms with E-state index in [1.807, 2.05) is 36.9 Å². The van der Waals surface area contributed by atoms with Crippen LogP contribution in [0.3, 0.4) is 0 Å². The van der Waals surface area contributed by atoms with E-state index in [0.29, 0.717) is 11.1 Å². The van der Waals surface area contributed by atoms with Crippen LogP contribution in [0.25, 0.3) is 11.4 Å². The molecule has 0 saturated heterocycles. The summed E-state index contributed by atoms with van der Waals surface area (Å²) in [4.78, 5) is 24.6. The normalized spacial score (nSPS) is 11.9. The molecule has 1 atom stereocenters. The summed E-state index contributed by atoms with van der Waals surface area (Å²) in [6, 6.07) is 15.7. The summed E-state index contributed by atoms with van der Waals surface area (Å²) in [7, 11) is 0. The Morgan fingerprint density at radius 3 is 2.69 bits per heavy atom. The van der Waals surface area contributed by atoms with Gasteiger partial charge in [-0.25, -0.2) is 9.97 Å². The van der Waals surface area contributed by atoms with Crippen LogP contribution < -0.4 is 10.9 Å². The summed E-state index contributed by atoms with van der Waals surface area (Å²) in [5.74, 6) is 1.37. The van der Waals surface area contributed by atoms with E-state index in [4.69, 9.17) is 0 Å². The molecule has 0 amide bonds. The maximum absolute atomic E-state index is 11.7. The summed E-state index contributed by atoms with van der Waals surface area (Å²) < 4.78 is 0. The Morgan fingerprint density at radius 2 is 2.00 bits per heavy atom. The molecule has 1 unspecified atom stereocenters. The lowest BCUT2D eigenvalue weighted by Gasteiger charge is -2.13. The Balaban J connectivity index is 1.61. The predicted octanol–water partition coefficient (Wildman–Crippen LogP) is 3.99. The highest BCUT2D eigenvalue weighted by molar-refractivity contribution is 8.00. The van der Waals surface area contributed by atoms with Gasteiger partial charge in [-0.1, -0.05) is 32.0 Å². The van der Waals surface area contributed by atoms with Crippen LogP contribution in [0.15, 0.2) is 64.4 Å². The van der Waals surface area contributed by atoms with Crippen LogP contribution in [-0.2, 0) is 6.42 Å². The van der Waals surface area contributed by atoms with Gasteiger partial charge in [0.2, 0.25) is 0 Å². The van der Waals surface area contributed by atoms with Crippen LogP contribution in [0, 0.1) is 0 Å². The van der Waals surface area contributed by atoms with Crippen molar-refractivity contribution in [2.45, 2.75) is 30.4 Å². The SMILES string of the molecule is CCc1cc(=O)[nH]c(-c2ccc(NCC(C)Sc3ccccc3)nc2)n1. The third-order valence-electron chi connectivity index (χ3n) is 3.84. The van der Waals surface area contributed by atoms with Gasteiger partial charge in [0, 0.05) is 40.2 Å². The standard InChI is InChI=1S/C20H22N4OS/c1-3-16-11-19(25)24-20(23-16)15-9-10-18(22-13-15)21-12-14(2)26-17-7-5-4-6-8-17/h4-11,13-14H,3,12H2,1-2H3,(H,21,22)(H,23,24,25). The van der Waals surface area contributed by atoms with Crippen LogP contribution in [-0.4, -0.2) is 26.7 Å². The van der Waals surface area contributed by atoms with Crippen molar-refractivity contribution in [1.29, 1.82) is 0 Å². The zero-order valence-corrected chi connectivity index (χ0v) is 15.7. The number of benzene rings is 1. The molecule has 3 rings (SSSR count). The van der Waals surface area contributed by atoms with Crippen molar-refractivity contribution in [3.8, 4) is 11.4 Å². The molecular formula is C20H22N4OS. The molecule has 2 heterocycles. The van der Waals surface area contributed by atoms with Crippen LogP contribution in [0.5, 0.6) is 0 Å². The van der Waals surface area contributed by atoms with Crippen molar-refractivity contribution in [2.24, 2.45) is 0 Å². The lowest BCUT2D eigenvalue weighted by Crippen LogP contribution is -2.14. The Kier molecular flexibility index (Phi) is 6.07. The first kappa shape index (κ1) is 18.2. The van der Waals surface area contributed by atoms with E-state index in [0.717, 1.165) is 30.0 Å². The molecule has 3 aromatic rings. The number of hydrogen-bond donors (Lipinski definition) is 2. The van der Waals surface area contributed by atoms with Crippen LogP contribution >= 0.6 is 11.8 Å².